The Bertz CT molecular complexity index is 557. The van der Waals surface area contributed by atoms with Crippen LogP contribution >= 0.6 is 11.6 Å². The van der Waals surface area contributed by atoms with Gasteiger partial charge in [-0.1, -0.05) is 17.7 Å². The highest BCUT2D eigenvalue weighted by molar-refractivity contribution is 6.30. The number of hydrogen-bond acceptors (Lipinski definition) is 3. The first-order valence-corrected chi connectivity index (χ1v) is 6.37. The lowest BCUT2D eigenvalue weighted by Crippen LogP contribution is -2.21. The van der Waals surface area contributed by atoms with E-state index in [2.05, 4.69) is 15.3 Å². The second kappa shape index (κ2) is 6.08. The molecule has 0 bridgehead atoms. The van der Waals surface area contributed by atoms with E-state index < -0.39 is 0 Å². The van der Waals surface area contributed by atoms with Gasteiger partial charge in [-0.05, 0) is 43.7 Å². The van der Waals surface area contributed by atoms with E-state index in [0.717, 1.165) is 5.56 Å². The minimum atomic E-state index is -0.306. The molecule has 1 heterocycles. The molecule has 1 aromatic heterocycles. The smallest absolute Gasteiger partial charge is 0.145 e. The number of nitrogens with zero attached hydrogens (tertiary/aromatic N) is 2. The van der Waals surface area contributed by atoms with Crippen molar-refractivity contribution in [3.63, 3.8) is 0 Å². The third-order valence-corrected chi connectivity index (χ3v) is 3.14. The molecule has 0 saturated carbocycles. The van der Waals surface area contributed by atoms with Crippen molar-refractivity contribution in [1.29, 1.82) is 0 Å². The van der Waals surface area contributed by atoms with E-state index in [0.29, 0.717) is 22.8 Å². The van der Waals surface area contributed by atoms with Crippen LogP contribution in [0, 0.1) is 12.7 Å². The lowest BCUT2D eigenvalue weighted by Gasteiger charge is -2.15. The molecule has 0 aliphatic rings. The third kappa shape index (κ3) is 3.49. The Kier molecular flexibility index (Phi) is 4.45. The summed E-state index contributed by atoms with van der Waals surface area (Å²) in [5, 5.41) is 3.50. The first-order valence-electron chi connectivity index (χ1n) is 6.00. The largest absolute Gasteiger partial charge is 0.310 e. The highest BCUT2D eigenvalue weighted by atomic mass is 35.5. The molecule has 0 aliphatic heterocycles. The van der Waals surface area contributed by atoms with Gasteiger partial charge in [-0.3, -0.25) is 0 Å². The maximum Gasteiger partial charge on any atom is 0.145 e. The third-order valence-electron chi connectivity index (χ3n) is 2.90. The molecule has 0 fully saturated rings. The van der Waals surface area contributed by atoms with Gasteiger partial charge < -0.3 is 5.32 Å². The van der Waals surface area contributed by atoms with Gasteiger partial charge in [-0.15, -0.1) is 0 Å². The Morgan fingerprint density at radius 2 is 2.00 bits per heavy atom. The van der Waals surface area contributed by atoms with Crippen LogP contribution in [-0.2, 0) is 6.42 Å². The Morgan fingerprint density at radius 1 is 1.32 bits per heavy atom. The van der Waals surface area contributed by atoms with E-state index >= 15 is 0 Å². The number of aryl methyl sites for hydroxylation is 1. The van der Waals surface area contributed by atoms with Crippen molar-refractivity contribution in [3.8, 4) is 0 Å². The van der Waals surface area contributed by atoms with E-state index in [1.54, 1.807) is 24.5 Å². The zero-order valence-corrected chi connectivity index (χ0v) is 11.6. The van der Waals surface area contributed by atoms with Gasteiger partial charge in [0.1, 0.15) is 11.6 Å². The quantitative estimate of drug-likeness (QED) is 0.935. The summed E-state index contributed by atoms with van der Waals surface area (Å²) in [5.74, 6) is 0.349. The highest BCUT2D eigenvalue weighted by Gasteiger charge is 2.15. The van der Waals surface area contributed by atoms with E-state index in [1.165, 1.54) is 6.07 Å². The molecule has 0 saturated heterocycles. The minimum Gasteiger partial charge on any atom is -0.310 e. The van der Waals surface area contributed by atoms with Crippen LogP contribution in [0.1, 0.15) is 23.0 Å². The number of rotatable bonds is 4. The number of hydrogen-bond donors (Lipinski definition) is 1. The zero-order chi connectivity index (χ0) is 13.8. The Morgan fingerprint density at radius 3 is 2.58 bits per heavy atom. The second-order valence-electron chi connectivity index (χ2n) is 4.40. The van der Waals surface area contributed by atoms with Crippen LogP contribution < -0.4 is 5.32 Å². The molecular formula is C14H15ClFN3. The van der Waals surface area contributed by atoms with Crippen LogP contribution in [0.15, 0.2) is 30.6 Å². The number of nitrogens with one attached hydrogen (secondary N) is 1. The van der Waals surface area contributed by atoms with Gasteiger partial charge in [-0.2, -0.15) is 0 Å². The average molecular weight is 280 g/mol. The summed E-state index contributed by atoms with van der Waals surface area (Å²) in [6, 6.07) is 4.56. The van der Waals surface area contributed by atoms with Crippen molar-refractivity contribution in [2.75, 3.05) is 7.05 Å². The number of aromatic nitrogens is 2. The normalized spacial score (nSPS) is 12.4. The molecule has 3 nitrogen and oxygen atoms in total. The van der Waals surface area contributed by atoms with Gasteiger partial charge >= 0.3 is 0 Å². The van der Waals surface area contributed by atoms with Gasteiger partial charge in [0.15, 0.2) is 0 Å². The maximum absolute atomic E-state index is 13.8. The first kappa shape index (κ1) is 13.9. The summed E-state index contributed by atoms with van der Waals surface area (Å²) in [5.41, 5.74) is 1.59. The van der Waals surface area contributed by atoms with Gasteiger partial charge in [0.05, 0.1) is 6.04 Å². The monoisotopic (exact) mass is 279 g/mol. The van der Waals surface area contributed by atoms with Crippen molar-refractivity contribution < 1.29 is 4.39 Å². The second-order valence-corrected chi connectivity index (χ2v) is 4.84. The number of halogens is 2. The molecule has 1 atom stereocenters. The summed E-state index contributed by atoms with van der Waals surface area (Å²) < 4.78 is 13.8. The molecule has 0 aliphatic carbocycles. The Balaban J connectivity index is 2.21. The molecule has 1 N–H and O–H groups in total. The molecule has 0 amide bonds. The molecule has 1 unspecified atom stereocenters. The van der Waals surface area contributed by atoms with Crippen LogP contribution in [0.4, 0.5) is 4.39 Å². The molecule has 2 rings (SSSR count). The maximum atomic E-state index is 13.8. The molecule has 1 aromatic carbocycles. The molecular weight excluding hydrogens is 265 g/mol. The van der Waals surface area contributed by atoms with Crippen molar-refractivity contribution in [1.82, 2.24) is 15.3 Å². The number of likely N-dealkylation sites (N-methyl/N-ethyl adjacent to an activating group) is 1. The highest BCUT2D eigenvalue weighted by Crippen LogP contribution is 2.20. The Hall–Kier alpha value is -1.52. The summed E-state index contributed by atoms with van der Waals surface area (Å²) in [6.07, 6.45) is 3.98. The van der Waals surface area contributed by atoms with E-state index in [1.807, 2.05) is 14.0 Å². The van der Waals surface area contributed by atoms with Crippen LogP contribution in [0.5, 0.6) is 0 Å². The predicted molar refractivity (Wildman–Crippen MR) is 73.7 cm³/mol. The van der Waals surface area contributed by atoms with Crippen LogP contribution in [0.2, 0.25) is 5.02 Å². The molecule has 2 aromatic rings. The summed E-state index contributed by atoms with van der Waals surface area (Å²) in [4.78, 5) is 8.54. The predicted octanol–water partition coefficient (Wildman–Crippen LogP) is 3.08. The average Bonchev–Trinajstić information content (AvgIpc) is 2.39. The molecule has 5 heteroatoms. The van der Waals surface area contributed by atoms with Gasteiger partial charge in [0.25, 0.3) is 0 Å². The molecule has 0 radical (unpaired) electrons. The van der Waals surface area contributed by atoms with Crippen LogP contribution in [0.25, 0.3) is 0 Å². The van der Waals surface area contributed by atoms with Crippen molar-refractivity contribution in [2.45, 2.75) is 19.4 Å². The van der Waals surface area contributed by atoms with Gasteiger partial charge in [0.2, 0.25) is 0 Å². The van der Waals surface area contributed by atoms with E-state index in [-0.39, 0.29) is 11.9 Å². The van der Waals surface area contributed by atoms with Crippen LogP contribution in [0.3, 0.4) is 0 Å². The summed E-state index contributed by atoms with van der Waals surface area (Å²) in [6.45, 7) is 1.93. The fourth-order valence-electron chi connectivity index (χ4n) is 1.81. The first-order chi connectivity index (χ1) is 9.10. The lowest BCUT2D eigenvalue weighted by molar-refractivity contribution is 0.532. The SMILES string of the molecule is CNC(Cc1ccc(Cl)cc1F)c1ncc(C)cn1. The minimum absolute atomic E-state index is 0.128. The van der Waals surface area contributed by atoms with Crippen molar-refractivity contribution in [3.05, 3.63) is 58.4 Å². The van der Waals surface area contributed by atoms with E-state index in [4.69, 9.17) is 11.6 Å². The zero-order valence-electron chi connectivity index (χ0n) is 10.8. The van der Waals surface area contributed by atoms with Gasteiger partial charge in [0, 0.05) is 17.4 Å². The van der Waals surface area contributed by atoms with Crippen LogP contribution in [-0.4, -0.2) is 17.0 Å². The van der Waals surface area contributed by atoms with Crippen molar-refractivity contribution in [2.24, 2.45) is 0 Å². The summed E-state index contributed by atoms with van der Waals surface area (Å²) in [7, 11) is 1.81. The molecule has 19 heavy (non-hydrogen) atoms. The standard InChI is InChI=1S/C14H15ClFN3/c1-9-7-18-14(19-8-9)13(17-2)5-10-3-4-11(15)6-12(10)16/h3-4,6-8,13,17H,5H2,1-2H3. The van der Waals surface area contributed by atoms with Crippen molar-refractivity contribution >= 4 is 11.6 Å². The van der Waals surface area contributed by atoms with E-state index in [9.17, 15) is 4.39 Å². The number of benzene rings is 1. The topological polar surface area (TPSA) is 37.8 Å². The molecule has 0 spiro atoms. The molecule has 100 valence electrons. The lowest BCUT2D eigenvalue weighted by atomic mass is 10.0. The fourth-order valence-corrected chi connectivity index (χ4v) is 1.97. The Labute approximate surface area is 116 Å². The van der Waals surface area contributed by atoms with Gasteiger partial charge in [-0.25, -0.2) is 14.4 Å². The summed E-state index contributed by atoms with van der Waals surface area (Å²) >= 11 is 5.74. The fraction of sp³-hybridized carbons (Fsp3) is 0.286.